The van der Waals surface area contributed by atoms with Crippen molar-refractivity contribution in [2.75, 3.05) is 0 Å². The summed E-state index contributed by atoms with van der Waals surface area (Å²) in [7, 11) is 0. The van der Waals surface area contributed by atoms with Crippen molar-refractivity contribution in [1.82, 2.24) is 0 Å². The molecule has 0 aliphatic heterocycles. The molecule has 0 atom stereocenters. The van der Waals surface area contributed by atoms with Crippen molar-refractivity contribution >= 4 is 5.97 Å². The van der Waals surface area contributed by atoms with Gasteiger partial charge < -0.3 is 17.5 Å². The third kappa shape index (κ3) is 3.62. The molecule has 0 amide bonds. The predicted octanol–water partition coefficient (Wildman–Crippen LogP) is -3.74. The van der Waals surface area contributed by atoms with E-state index < -0.39 is 5.97 Å². The van der Waals surface area contributed by atoms with Gasteiger partial charge in [0.15, 0.2) is 0 Å². The van der Waals surface area contributed by atoms with Crippen LogP contribution in [0.2, 0.25) is 0 Å². The van der Waals surface area contributed by atoms with Gasteiger partial charge in [-0.25, -0.2) is 4.79 Å². The zero-order valence-corrected chi connectivity index (χ0v) is 11.4. The van der Waals surface area contributed by atoms with Gasteiger partial charge in [0.2, 0.25) is 0 Å². The molecule has 0 fully saturated rings. The SMILES string of the molecule is CCc1c(C)cccc1C(=O)O.[Cl-].[Na+]. The van der Waals surface area contributed by atoms with E-state index in [1.807, 2.05) is 19.9 Å². The first kappa shape index (κ1) is 16.4. The molecule has 1 aromatic rings. The molecule has 0 saturated carbocycles. The van der Waals surface area contributed by atoms with Crippen LogP contribution in [0.3, 0.4) is 0 Å². The first-order valence-corrected chi connectivity index (χ1v) is 3.98. The summed E-state index contributed by atoms with van der Waals surface area (Å²) in [4.78, 5) is 10.7. The van der Waals surface area contributed by atoms with Gasteiger partial charge in [-0.3, -0.25) is 0 Å². The Morgan fingerprint density at radius 1 is 1.43 bits per heavy atom. The monoisotopic (exact) mass is 222 g/mol. The molecular weight excluding hydrogens is 211 g/mol. The van der Waals surface area contributed by atoms with Crippen LogP contribution < -0.4 is 42.0 Å². The summed E-state index contributed by atoms with van der Waals surface area (Å²) >= 11 is 0. The van der Waals surface area contributed by atoms with Crippen LogP contribution in [-0.2, 0) is 6.42 Å². The molecule has 0 radical (unpaired) electrons. The van der Waals surface area contributed by atoms with Crippen molar-refractivity contribution in [3.63, 3.8) is 0 Å². The van der Waals surface area contributed by atoms with Crippen LogP contribution in [-0.4, -0.2) is 11.1 Å². The van der Waals surface area contributed by atoms with Crippen LogP contribution in [0, 0.1) is 6.92 Å². The molecule has 2 nitrogen and oxygen atoms in total. The van der Waals surface area contributed by atoms with Gasteiger partial charge in [-0.05, 0) is 30.5 Å². The number of aromatic carboxylic acids is 1. The topological polar surface area (TPSA) is 37.3 Å². The van der Waals surface area contributed by atoms with Gasteiger partial charge in [-0.15, -0.1) is 0 Å². The van der Waals surface area contributed by atoms with Crippen LogP contribution in [0.4, 0.5) is 0 Å². The molecule has 0 spiro atoms. The fourth-order valence-corrected chi connectivity index (χ4v) is 1.37. The van der Waals surface area contributed by atoms with Gasteiger partial charge >= 0.3 is 35.5 Å². The van der Waals surface area contributed by atoms with Crippen molar-refractivity contribution in [3.8, 4) is 0 Å². The van der Waals surface area contributed by atoms with Crippen molar-refractivity contribution in [3.05, 3.63) is 34.9 Å². The fraction of sp³-hybridized carbons (Fsp3) is 0.300. The average Bonchev–Trinajstić information content (AvgIpc) is 2.03. The number of halogens is 1. The first-order chi connectivity index (χ1) is 5.66. The van der Waals surface area contributed by atoms with Gasteiger partial charge in [-0.1, -0.05) is 19.1 Å². The van der Waals surface area contributed by atoms with Crippen molar-refractivity contribution in [1.29, 1.82) is 0 Å². The zero-order valence-electron chi connectivity index (χ0n) is 8.67. The van der Waals surface area contributed by atoms with Crippen molar-refractivity contribution < 1.29 is 51.9 Å². The van der Waals surface area contributed by atoms with Crippen LogP contribution in [0.25, 0.3) is 0 Å². The first-order valence-electron chi connectivity index (χ1n) is 3.98. The van der Waals surface area contributed by atoms with E-state index in [1.54, 1.807) is 12.1 Å². The minimum absolute atomic E-state index is 0. The summed E-state index contributed by atoms with van der Waals surface area (Å²) in [6.45, 7) is 3.90. The normalized spacial score (nSPS) is 8.43. The number of aryl methyl sites for hydroxylation is 1. The summed E-state index contributed by atoms with van der Waals surface area (Å²) in [5, 5.41) is 8.82. The number of hydrogen-bond acceptors (Lipinski definition) is 1. The third-order valence-corrected chi connectivity index (χ3v) is 1.99. The van der Waals surface area contributed by atoms with Gasteiger partial charge in [0.25, 0.3) is 0 Å². The zero-order chi connectivity index (χ0) is 9.14. The minimum Gasteiger partial charge on any atom is -1.00 e. The standard InChI is InChI=1S/C10H12O2.ClH.Na/c1-3-8-7(2)5-4-6-9(8)10(11)12;;/h4-6H,3H2,1-2H3,(H,11,12);1H;/q;;+1/p-1. The molecule has 0 aromatic heterocycles. The Labute approximate surface area is 112 Å². The maximum Gasteiger partial charge on any atom is 1.00 e. The van der Waals surface area contributed by atoms with Gasteiger partial charge in [0, 0.05) is 0 Å². The Kier molecular flexibility index (Phi) is 8.55. The number of carboxylic acids is 1. The molecule has 4 heteroatoms. The van der Waals surface area contributed by atoms with Crippen LogP contribution >= 0.6 is 0 Å². The molecule has 1 N–H and O–H groups in total. The summed E-state index contributed by atoms with van der Waals surface area (Å²) in [6.07, 6.45) is 0.772. The number of benzene rings is 1. The van der Waals surface area contributed by atoms with E-state index in [4.69, 9.17) is 5.11 Å². The van der Waals surface area contributed by atoms with E-state index in [2.05, 4.69) is 0 Å². The smallest absolute Gasteiger partial charge is 1.00 e. The second-order valence-corrected chi connectivity index (χ2v) is 2.76. The van der Waals surface area contributed by atoms with Crippen LogP contribution in [0.15, 0.2) is 18.2 Å². The fourth-order valence-electron chi connectivity index (χ4n) is 1.37. The quantitative estimate of drug-likeness (QED) is 0.523. The predicted molar refractivity (Wildman–Crippen MR) is 47.5 cm³/mol. The average molecular weight is 223 g/mol. The number of hydrogen-bond donors (Lipinski definition) is 1. The van der Waals surface area contributed by atoms with E-state index in [9.17, 15) is 4.79 Å². The maximum atomic E-state index is 10.7. The van der Waals surface area contributed by atoms with Crippen molar-refractivity contribution in [2.45, 2.75) is 20.3 Å². The van der Waals surface area contributed by atoms with Gasteiger partial charge in [0.05, 0.1) is 5.56 Å². The molecule has 14 heavy (non-hydrogen) atoms. The molecule has 0 aliphatic carbocycles. The molecule has 72 valence electrons. The number of carbonyl (C=O) groups is 1. The Morgan fingerprint density at radius 2 is 2.00 bits per heavy atom. The molecule has 0 aliphatic rings. The Hall–Kier alpha value is -0.0200. The molecule has 1 aromatic carbocycles. The Bertz CT molecular complexity index is 313. The Balaban J connectivity index is 0. The number of carboxylic acid groups (broad SMARTS) is 1. The molecule has 0 heterocycles. The summed E-state index contributed by atoms with van der Waals surface area (Å²) in [6, 6.07) is 5.36. The molecule has 1 rings (SSSR count). The van der Waals surface area contributed by atoms with E-state index in [-0.39, 0.29) is 42.0 Å². The van der Waals surface area contributed by atoms with Gasteiger partial charge in [-0.2, -0.15) is 0 Å². The van der Waals surface area contributed by atoms with Gasteiger partial charge in [0.1, 0.15) is 0 Å². The molecule has 0 unspecified atom stereocenters. The second kappa shape index (κ2) is 7.30. The van der Waals surface area contributed by atoms with E-state index in [1.165, 1.54) is 0 Å². The van der Waals surface area contributed by atoms with Crippen LogP contribution in [0.5, 0.6) is 0 Å². The molecule has 0 bridgehead atoms. The largest absolute Gasteiger partial charge is 1.00 e. The van der Waals surface area contributed by atoms with E-state index in [0.717, 1.165) is 17.5 Å². The maximum absolute atomic E-state index is 10.7. The van der Waals surface area contributed by atoms with Crippen LogP contribution in [0.1, 0.15) is 28.4 Å². The molecule has 0 saturated heterocycles. The van der Waals surface area contributed by atoms with E-state index in [0.29, 0.717) is 5.56 Å². The summed E-state index contributed by atoms with van der Waals surface area (Å²) in [5.41, 5.74) is 2.42. The van der Waals surface area contributed by atoms with E-state index >= 15 is 0 Å². The summed E-state index contributed by atoms with van der Waals surface area (Å²) in [5.74, 6) is -0.837. The number of rotatable bonds is 2. The van der Waals surface area contributed by atoms with Crippen molar-refractivity contribution in [2.24, 2.45) is 0 Å². The minimum atomic E-state index is -0.837. The second-order valence-electron chi connectivity index (χ2n) is 2.76. The molecular formula is C10H12ClNaO2. The summed E-state index contributed by atoms with van der Waals surface area (Å²) < 4.78 is 0. The Morgan fingerprint density at radius 3 is 2.36 bits per heavy atom. The third-order valence-electron chi connectivity index (χ3n) is 1.99.